The van der Waals surface area contributed by atoms with Crippen molar-refractivity contribution < 1.29 is 23.8 Å². The summed E-state index contributed by atoms with van der Waals surface area (Å²) in [5.74, 6) is -0.586. The molecule has 0 aromatic heterocycles. The second kappa shape index (κ2) is 5.24. The molecule has 4 nitrogen and oxygen atoms in total. The predicted octanol–water partition coefficient (Wildman–Crippen LogP) is 3.33. The van der Waals surface area contributed by atoms with E-state index in [1.165, 1.54) is 6.07 Å². The number of hydrogen-bond acceptors (Lipinski definition) is 3. The van der Waals surface area contributed by atoms with Crippen LogP contribution in [0.4, 0.5) is 4.39 Å². The van der Waals surface area contributed by atoms with Gasteiger partial charge in [-0.05, 0) is 34.7 Å². The fraction of sp³-hybridized carbons (Fsp3) is 0.500. The second-order valence-electron chi connectivity index (χ2n) is 5.15. The average molecular weight is 345 g/mol. The predicted molar refractivity (Wildman–Crippen MR) is 72.8 cm³/mol. The van der Waals surface area contributed by atoms with Gasteiger partial charge in [0.1, 0.15) is 19.0 Å². The summed E-state index contributed by atoms with van der Waals surface area (Å²) in [5.41, 5.74) is 0.402. The molecule has 6 heteroatoms. The van der Waals surface area contributed by atoms with Crippen LogP contribution in [0.15, 0.2) is 10.5 Å². The van der Waals surface area contributed by atoms with Crippen LogP contribution in [0.2, 0.25) is 0 Å². The van der Waals surface area contributed by atoms with Crippen LogP contribution >= 0.6 is 15.9 Å². The summed E-state index contributed by atoms with van der Waals surface area (Å²) in [7, 11) is 0. The van der Waals surface area contributed by atoms with Crippen molar-refractivity contribution in [3.63, 3.8) is 0 Å². The molecule has 0 spiro atoms. The molecule has 1 fully saturated rings. The molecule has 1 aromatic carbocycles. The first-order valence-corrected chi connectivity index (χ1v) is 7.36. The first-order valence-electron chi connectivity index (χ1n) is 6.57. The summed E-state index contributed by atoms with van der Waals surface area (Å²) >= 11 is 3.37. The Kier molecular flexibility index (Phi) is 3.58. The van der Waals surface area contributed by atoms with Crippen LogP contribution in [-0.2, 0) is 4.79 Å². The number of benzene rings is 1. The zero-order valence-electron chi connectivity index (χ0n) is 10.7. The summed E-state index contributed by atoms with van der Waals surface area (Å²) in [5, 5.41) is 9.05. The van der Waals surface area contributed by atoms with E-state index >= 15 is 0 Å². The minimum atomic E-state index is -0.914. The summed E-state index contributed by atoms with van der Waals surface area (Å²) in [6.45, 7) is 0.795. The van der Waals surface area contributed by atoms with Gasteiger partial charge in [0.2, 0.25) is 0 Å². The Morgan fingerprint density at radius 3 is 2.80 bits per heavy atom. The fourth-order valence-electron chi connectivity index (χ4n) is 2.66. The highest BCUT2D eigenvalue weighted by Gasteiger charge is 2.38. The van der Waals surface area contributed by atoms with Crippen molar-refractivity contribution in [3.8, 4) is 11.5 Å². The van der Waals surface area contributed by atoms with Crippen LogP contribution < -0.4 is 9.47 Å². The standard InChI is InChI=1S/C14H14BrFO4/c15-13-12(8(5-11(17)18)7-1-2-7)9(16)6-10-14(13)20-4-3-19-10/h6-8H,1-5H2,(H,17,18). The number of rotatable bonds is 4. The third-order valence-electron chi connectivity index (χ3n) is 3.72. The largest absolute Gasteiger partial charge is 0.486 e. The minimum absolute atomic E-state index is 0.0696. The van der Waals surface area contributed by atoms with Gasteiger partial charge >= 0.3 is 5.97 Å². The molecule has 0 saturated heterocycles. The topological polar surface area (TPSA) is 55.8 Å². The lowest BCUT2D eigenvalue weighted by Gasteiger charge is -2.24. The van der Waals surface area contributed by atoms with E-state index < -0.39 is 11.8 Å². The number of fused-ring (bicyclic) bond motifs is 1. The van der Waals surface area contributed by atoms with E-state index in [0.717, 1.165) is 12.8 Å². The molecule has 1 aliphatic heterocycles. The summed E-state index contributed by atoms with van der Waals surface area (Å²) in [6, 6.07) is 1.30. The minimum Gasteiger partial charge on any atom is -0.486 e. The van der Waals surface area contributed by atoms with Gasteiger partial charge in [0.05, 0.1) is 10.9 Å². The Morgan fingerprint density at radius 2 is 2.15 bits per heavy atom. The van der Waals surface area contributed by atoms with Gasteiger partial charge in [0, 0.05) is 17.5 Å². The van der Waals surface area contributed by atoms with E-state index in [9.17, 15) is 9.18 Å². The molecule has 2 aliphatic rings. The van der Waals surface area contributed by atoms with Crippen LogP contribution in [0.25, 0.3) is 0 Å². The molecule has 1 N–H and O–H groups in total. The molecule has 108 valence electrons. The molecule has 1 heterocycles. The molecule has 0 amide bonds. The maximum atomic E-state index is 14.4. The number of halogens is 2. The van der Waals surface area contributed by atoms with E-state index in [-0.39, 0.29) is 18.3 Å². The smallest absolute Gasteiger partial charge is 0.303 e. The maximum absolute atomic E-state index is 14.4. The number of ether oxygens (including phenoxy) is 2. The highest BCUT2D eigenvalue weighted by Crippen LogP contribution is 2.51. The number of carboxylic acid groups (broad SMARTS) is 1. The SMILES string of the molecule is O=C(O)CC(c1c(F)cc2c(c1Br)OCCO2)C1CC1. The highest BCUT2D eigenvalue weighted by atomic mass is 79.9. The number of hydrogen-bond donors (Lipinski definition) is 1. The Bertz CT molecular complexity index is 557. The molecular weight excluding hydrogens is 331 g/mol. The first kappa shape index (κ1) is 13.7. The Labute approximate surface area is 124 Å². The van der Waals surface area contributed by atoms with Gasteiger partial charge < -0.3 is 14.6 Å². The van der Waals surface area contributed by atoms with Crippen molar-refractivity contribution >= 4 is 21.9 Å². The zero-order valence-corrected chi connectivity index (χ0v) is 12.3. The molecule has 1 saturated carbocycles. The van der Waals surface area contributed by atoms with Crippen LogP contribution in [0.1, 0.15) is 30.7 Å². The molecule has 1 atom stereocenters. The highest BCUT2D eigenvalue weighted by molar-refractivity contribution is 9.10. The lowest BCUT2D eigenvalue weighted by Crippen LogP contribution is -2.18. The van der Waals surface area contributed by atoms with E-state index in [2.05, 4.69) is 15.9 Å². The third kappa shape index (κ3) is 2.49. The van der Waals surface area contributed by atoms with E-state index in [1.807, 2.05) is 0 Å². The van der Waals surface area contributed by atoms with Crippen molar-refractivity contribution in [1.82, 2.24) is 0 Å². The quantitative estimate of drug-likeness (QED) is 0.910. The Hall–Kier alpha value is -1.30. The van der Waals surface area contributed by atoms with Crippen molar-refractivity contribution in [2.45, 2.75) is 25.2 Å². The van der Waals surface area contributed by atoms with Crippen molar-refractivity contribution in [2.24, 2.45) is 5.92 Å². The van der Waals surface area contributed by atoms with E-state index in [4.69, 9.17) is 14.6 Å². The number of carbonyl (C=O) groups is 1. The van der Waals surface area contributed by atoms with Crippen LogP contribution in [0.5, 0.6) is 11.5 Å². The van der Waals surface area contributed by atoms with Crippen LogP contribution in [0.3, 0.4) is 0 Å². The van der Waals surface area contributed by atoms with E-state index in [0.29, 0.717) is 34.7 Å². The summed E-state index contributed by atoms with van der Waals surface area (Å²) < 4.78 is 25.7. The van der Waals surface area contributed by atoms with Crippen molar-refractivity contribution in [2.75, 3.05) is 13.2 Å². The van der Waals surface area contributed by atoms with Gasteiger partial charge in [-0.25, -0.2) is 4.39 Å². The summed E-state index contributed by atoms with van der Waals surface area (Å²) in [6.07, 6.45) is 1.82. The van der Waals surface area contributed by atoms with Gasteiger partial charge in [-0.1, -0.05) is 0 Å². The third-order valence-corrected chi connectivity index (χ3v) is 4.51. The van der Waals surface area contributed by atoms with Crippen molar-refractivity contribution in [3.05, 3.63) is 21.9 Å². The molecule has 3 rings (SSSR count). The molecular formula is C14H14BrFO4. The fourth-order valence-corrected chi connectivity index (χ4v) is 3.46. The monoisotopic (exact) mass is 344 g/mol. The van der Waals surface area contributed by atoms with Gasteiger partial charge in [-0.2, -0.15) is 0 Å². The Balaban J connectivity index is 2.04. The van der Waals surface area contributed by atoms with Crippen LogP contribution in [0, 0.1) is 11.7 Å². The van der Waals surface area contributed by atoms with Gasteiger partial charge in [-0.15, -0.1) is 0 Å². The van der Waals surface area contributed by atoms with Gasteiger partial charge in [0.15, 0.2) is 11.5 Å². The lowest BCUT2D eigenvalue weighted by atomic mass is 9.90. The lowest BCUT2D eigenvalue weighted by molar-refractivity contribution is -0.137. The maximum Gasteiger partial charge on any atom is 0.303 e. The molecule has 0 radical (unpaired) electrons. The van der Waals surface area contributed by atoms with Crippen LogP contribution in [-0.4, -0.2) is 24.3 Å². The molecule has 1 aromatic rings. The normalized spacial score (nSPS) is 18.7. The number of aliphatic carboxylic acids is 1. The van der Waals surface area contributed by atoms with Gasteiger partial charge in [-0.3, -0.25) is 4.79 Å². The van der Waals surface area contributed by atoms with E-state index in [1.54, 1.807) is 0 Å². The number of carboxylic acids is 1. The second-order valence-corrected chi connectivity index (χ2v) is 5.95. The van der Waals surface area contributed by atoms with Gasteiger partial charge in [0.25, 0.3) is 0 Å². The molecule has 1 unspecified atom stereocenters. The molecule has 0 bridgehead atoms. The molecule has 20 heavy (non-hydrogen) atoms. The summed E-state index contributed by atoms with van der Waals surface area (Å²) in [4.78, 5) is 11.0. The Morgan fingerprint density at radius 1 is 1.45 bits per heavy atom. The first-order chi connectivity index (χ1) is 9.58. The van der Waals surface area contributed by atoms with Crippen molar-refractivity contribution in [1.29, 1.82) is 0 Å². The molecule has 1 aliphatic carbocycles. The average Bonchev–Trinajstić information content (AvgIpc) is 3.21. The zero-order chi connectivity index (χ0) is 14.3.